The van der Waals surface area contributed by atoms with E-state index >= 15 is 0 Å². The first kappa shape index (κ1) is 19.6. The summed E-state index contributed by atoms with van der Waals surface area (Å²) in [6.45, 7) is 7.11. The van der Waals surface area contributed by atoms with E-state index in [2.05, 4.69) is 39.7 Å². The number of pyridine rings is 1. The molecular weight excluding hydrogens is 340 g/mol. The van der Waals surface area contributed by atoms with E-state index in [9.17, 15) is 0 Å². The van der Waals surface area contributed by atoms with Gasteiger partial charge in [-0.15, -0.1) is 10.2 Å². The van der Waals surface area contributed by atoms with Crippen LogP contribution in [0.3, 0.4) is 0 Å². The number of aliphatic imine (C=N–C) groups is 1. The van der Waals surface area contributed by atoms with E-state index in [0.717, 1.165) is 43.5 Å². The molecule has 0 radical (unpaired) electrons. The number of nitrogens with one attached hydrogen (secondary N) is 2. The van der Waals surface area contributed by atoms with Crippen molar-refractivity contribution in [3.05, 3.63) is 30.2 Å². The maximum Gasteiger partial charge on any atom is 0.191 e. The van der Waals surface area contributed by atoms with Crippen LogP contribution in [-0.4, -0.2) is 46.4 Å². The van der Waals surface area contributed by atoms with Crippen LogP contribution in [0.4, 0.5) is 0 Å². The fraction of sp³-hybridized carbons (Fsp3) is 0.650. The molecule has 1 aliphatic carbocycles. The van der Waals surface area contributed by atoms with Gasteiger partial charge < -0.3 is 15.4 Å². The van der Waals surface area contributed by atoms with Gasteiger partial charge in [0.15, 0.2) is 17.4 Å². The minimum atomic E-state index is 0.355. The second-order valence-electron chi connectivity index (χ2n) is 6.99. The van der Waals surface area contributed by atoms with Crippen molar-refractivity contribution in [2.45, 2.75) is 58.6 Å². The summed E-state index contributed by atoms with van der Waals surface area (Å²) >= 11 is 0. The smallest absolute Gasteiger partial charge is 0.191 e. The van der Waals surface area contributed by atoms with Crippen LogP contribution < -0.4 is 10.6 Å². The number of rotatable bonds is 9. The molecular formula is C20H32N6O. The van der Waals surface area contributed by atoms with Gasteiger partial charge in [0, 0.05) is 25.9 Å². The first-order valence-corrected chi connectivity index (χ1v) is 10.2. The molecule has 0 aromatic carbocycles. The molecule has 1 fully saturated rings. The van der Waals surface area contributed by atoms with Gasteiger partial charge in [-0.25, -0.2) is 4.99 Å². The van der Waals surface area contributed by atoms with Gasteiger partial charge >= 0.3 is 0 Å². The highest BCUT2D eigenvalue weighted by atomic mass is 16.5. The minimum Gasteiger partial charge on any atom is -0.378 e. The second-order valence-corrected chi connectivity index (χ2v) is 6.99. The Bertz CT molecular complexity index is 722. The summed E-state index contributed by atoms with van der Waals surface area (Å²) in [4.78, 5) is 4.68. The zero-order valence-corrected chi connectivity index (χ0v) is 16.5. The van der Waals surface area contributed by atoms with E-state index < -0.39 is 0 Å². The fourth-order valence-corrected chi connectivity index (χ4v) is 3.82. The summed E-state index contributed by atoms with van der Waals surface area (Å²) in [7, 11) is 0. The number of guanidine groups is 1. The van der Waals surface area contributed by atoms with Crippen LogP contribution in [0.15, 0.2) is 29.4 Å². The highest BCUT2D eigenvalue weighted by Gasteiger charge is 2.25. The Morgan fingerprint density at radius 1 is 1.26 bits per heavy atom. The quantitative estimate of drug-likeness (QED) is 0.523. The maximum absolute atomic E-state index is 6.01. The van der Waals surface area contributed by atoms with E-state index in [4.69, 9.17) is 4.74 Å². The molecule has 2 heterocycles. The molecule has 0 spiro atoms. The fourth-order valence-electron chi connectivity index (χ4n) is 3.82. The summed E-state index contributed by atoms with van der Waals surface area (Å²) in [6, 6.07) is 5.88. The predicted octanol–water partition coefficient (Wildman–Crippen LogP) is 2.77. The second kappa shape index (κ2) is 10.3. The lowest BCUT2D eigenvalue weighted by atomic mass is 9.98. The average Bonchev–Trinajstić information content (AvgIpc) is 3.35. The lowest BCUT2D eigenvalue weighted by molar-refractivity contribution is 0.0169. The van der Waals surface area contributed by atoms with Crippen LogP contribution in [0.5, 0.6) is 0 Å². The molecule has 1 atom stereocenters. The Kier molecular flexibility index (Phi) is 7.45. The average molecular weight is 373 g/mol. The Labute approximate surface area is 161 Å². The van der Waals surface area contributed by atoms with E-state index in [1.807, 2.05) is 28.8 Å². The minimum absolute atomic E-state index is 0.355. The maximum atomic E-state index is 6.01. The van der Waals surface area contributed by atoms with Crippen LogP contribution in [-0.2, 0) is 11.3 Å². The van der Waals surface area contributed by atoms with Crippen molar-refractivity contribution in [2.75, 3.05) is 19.7 Å². The summed E-state index contributed by atoms with van der Waals surface area (Å²) in [5.74, 6) is 2.36. The van der Waals surface area contributed by atoms with Gasteiger partial charge in [0.1, 0.15) is 6.54 Å². The molecule has 27 heavy (non-hydrogen) atoms. The number of fused-ring (bicyclic) bond motifs is 1. The molecule has 7 heteroatoms. The van der Waals surface area contributed by atoms with E-state index in [-0.39, 0.29) is 0 Å². The molecule has 1 saturated carbocycles. The van der Waals surface area contributed by atoms with E-state index in [0.29, 0.717) is 18.6 Å². The standard InChI is InChI=1S/C20H32N6O/c1-3-21-20(22-13-12-17(27-4-2)16-9-5-6-10-16)23-15-19-25-24-18-11-7-8-14-26(18)19/h7-8,11,14,16-17H,3-6,9-10,12-13,15H2,1-2H3,(H2,21,22,23). The first-order chi connectivity index (χ1) is 13.3. The van der Waals surface area contributed by atoms with Crippen molar-refractivity contribution in [2.24, 2.45) is 10.9 Å². The van der Waals surface area contributed by atoms with Crippen LogP contribution in [0.2, 0.25) is 0 Å². The highest BCUT2D eigenvalue weighted by molar-refractivity contribution is 5.79. The molecule has 0 saturated heterocycles. The molecule has 0 amide bonds. The molecule has 3 rings (SSSR count). The van der Waals surface area contributed by atoms with E-state index in [1.54, 1.807) is 0 Å². The van der Waals surface area contributed by atoms with Gasteiger partial charge in [-0.2, -0.15) is 0 Å². The SMILES string of the molecule is CCNC(=NCc1nnc2ccccn12)NCCC(OCC)C1CCCC1. The highest BCUT2D eigenvalue weighted by Crippen LogP contribution is 2.30. The summed E-state index contributed by atoms with van der Waals surface area (Å²) in [5.41, 5.74) is 0.844. The largest absolute Gasteiger partial charge is 0.378 e. The monoisotopic (exact) mass is 372 g/mol. The van der Waals surface area contributed by atoms with Gasteiger partial charge in [-0.3, -0.25) is 4.40 Å². The molecule has 0 bridgehead atoms. The number of hydrogen-bond acceptors (Lipinski definition) is 4. The molecule has 1 unspecified atom stereocenters. The molecule has 2 aromatic heterocycles. The summed E-state index contributed by atoms with van der Waals surface area (Å²) in [5, 5.41) is 15.2. The predicted molar refractivity (Wildman–Crippen MR) is 108 cm³/mol. The normalized spacial score (nSPS) is 16.7. The molecule has 0 aliphatic heterocycles. The van der Waals surface area contributed by atoms with Gasteiger partial charge in [-0.1, -0.05) is 18.9 Å². The van der Waals surface area contributed by atoms with E-state index in [1.165, 1.54) is 25.7 Å². The number of aromatic nitrogens is 3. The summed E-state index contributed by atoms with van der Waals surface area (Å²) < 4.78 is 7.98. The number of ether oxygens (including phenoxy) is 1. The van der Waals surface area contributed by atoms with Crippen LogP contribution >= 0.6 is 0 Å². The van der Waals surface area contributed by atoms with Crippen molar-refractivity contribution in [3.63, 3.8) is 0 Å². The molecule has 1 aliphatic rings. The Balaban J connectivity index is 1.55. The topological polar surface area (TPSA) is 75.8 Å². The lowest BCUT2D eigenvalue weighted by Crippen LogP contribution is -2.39. The number of hydrogen-bond donors (Lipinski definition) is 2. The first-order valence-electron chi connectivity index (χ1n) is 10.2. The zero-order valence-electron chi connectivity index (χ0n) is 16.5. The third-order valence-electron chi connectivity index (χ3n) is 5.13. The number of nitrogens with zero attached hydrogens (tertiary/aromatic N) is 4. The lowest BCUT2D eigenvalue weighted by Gasteiger charge is -2.24. The van der Waals surface area contributed by atoms with Gasteiger partial charge in [0.05, 0.1) is 6.10 Å². The van der Waals surface area contributed by atoms with Gasteiger partial charge in [0.25, 0.3) is 0 Å². The zero-order chi connectivity index (χ0) is 18.9. The third-order valence-corrected chi connectivity index (χ3v) is 5.13. The van der Waals surface area contributed by atoms with Crippen LogP contribution in [0.25, 0.3) is 5.65 Å². The van der Waals surface area contributed by atoms with Crippen molar-refractivity contribution < 1.29 is 4.74 Å². The van der Waals surface area contributed by atoms with Crippen molar-refractivity contribution in [1.29, 1.82) is 0 Å². The van der Waals surface area contributed by atoms with Gasteiger partial charge in [-0.05, 0) is 51.2 Å². The Morgan fingerprint density at radius 3 is 2.89 bits per heavy atom. The summed E-state index contributed by atoms with van der Waals surface area (Å²) in [6.07, 6.45) is 8.63. The van der Waals surface area contributed by atoms with Crippen molar-refractivity contribution in [1.82, 2.24) is 25.2 Å². The molecule has 148 valence electrons. The molecule has 7 nitrogen and oxygen atoms in total. The van der Waals surface area contributed by atoms with Crippen LogP contribution in [0.1, 0.15) is 51.8 Å². The van der Waals surface area contributed by atoms with Crippen molar-refractivity contribution in [3.8, 4) is 0 Å². The Hall–Kier alpha value is -2.15. The van der Waals surface area contributed by atoms with Crippen molar-refractivity contribution >= 4 is 11.6 Å². The van der Waals surface area contributed by atoms with Gasteiger partial charge in [0.2, 0.25) is 0 Å². The molecule has 2 N–H and O–H groups in total. The Morgan fingerprint density at radius 2 is 2.11 bits per heavy atom. The third kappa shape index (κ3) is 5.42. The molecule has 2 aromatic rings. The van der Waals surface area contributed by atoms with Crippen LogP contribution in [0, 0.1) is 5.92 Å².